The highest BCUT2D eigenvalue weighted by molar-refractivity contribution is 6.30. The highest BCUT2D eigenvalue weighted by Crippen LogP contribution is 2.32. The average Bonchev–Trinajstić information content (AvgIpc) is 2.64. The number of hydrogen-bond donors (Lipinski definition) is 0. The lowest BCUT2D eigenvalue weighted by atomic mass is 10.1. The zero-order valence-electron chi connectivity index (χ0n) is 11.1. The minimum Gasteiger partial charge on any atom is -0.378 e. The smallest absolute Gasteiger partial charge is 0.378 e. The lowest BCUT2D eigenvalue weighted by molar-refractivity contribution is -0.141. The first-order valence-corrected chi connectivity index (χ1v) is 6.62. The lowest BCUT2D eigenvalue weighted by Crippen LogP contribution is -2.52. The van der Waals surface area contributed by atoms with Crippen LogP contribution in [0.3, 0.4) is 0 Å². The fraction of sp³-hybridized carbons (Fsp3) is 0.500. The van der Waals surface area contributed by atoms with Crippen molar-refractivity contribution in [2.75, 3.05) is 25.1 Å². The van der Waals surface area contributed by atoms with Gasteiger partial charge in [-0.2, -0.15) is 18.3 Å². The molecule has 0 spiro atoms. The Morgan fingerprint density at radius 2 is 2.14 bits per heavy atom. The largest absolute Gasteiger partial charge is 0.408 e. The van der Waals surface area contributed by atoms with Gasteiger partial charge in [0.15, 0.2) is 5.82 Å². The molecule has 5 nitrogen and oxygen atoms in total. The van der Waals surface area contributed by atoms with Crippen molar-refractivity contribution >= 4 is 28.3 Å². The van der Waals surface area contributed by atoms with E-state index in [9.17, 15) is 13.2 Å². The molecule has 0 amide bonds. The zero-order valence-corrected chi connectivity index (χ0v) is 11.8. The first kappa shape index (κ1) is 14.4. The number of halogens is 4. The third kappa shape index (κ3) is 2.77. The molecule has 0 aromatic carbocycles. The van der Waals surface area contributed by atoms with E-state index in [0.717, 1.165) is 4.68 Å². The van der Waals surface area contributed by atoms with Crippen LogP contribution in [-0.2, 0) is 11.3 Å². The van der Waals surface area contributed by atoms with E-state index in [4.69, 9.17) is 16.3 Å². The number of anilines is 1. The number of ether oxygens (including phenoxy) is 1. The molecule has 21 heavy (non-hydrogen) atoms. The van der Waals surface area contributed by atoms with Crippen LogP contribution in [-0.4, -0.2) is 47.2 Å². The van der Waals surface area contributed by atoms with Crippen molar-refractivity contribution in [1.29, 1.82) is 0 Å². The molecule has 3 rings (SSSR count). The van der Waals surface area contributed by atoms with E-state index >= 15 is 0 Å². The Balaban J connectivity index is 2.01. The molecule has 0 atom stereocenters. The molecular weight excluding hydrogens is 309 g/mol. The summed E-state index contributed by atoms with van der Waals surface area (Å²) >= 11 is 5.78. The SMILES string of the molecule is COC1CN(c2nn(CC(F)(F)F)c3cc(Cl)ncc23)C1. The maximum absolute atomic E-state index is 12.6. The second-order valence-electron chi connectivity index (χ2n) is 4.88. The van der Waals surface area contributed by atoms with Gasteiger partial charge in [-0.3, -0.25) is 4.68 Å². The van der Waals surface area contributed by atoms with Gasteiger partial charge in [0, 0.05) is 32.5 Å². The molecule has 0 saturated carbocycles. The Bertz CT molecular complexity index is 666. The van der Waals surface area contributed by atoms with E-state index in [1.807, 2.05) is 4.90 Å². The van der Waals surface area contributed by atoms with Gasteiger partial charge in [0.2, 0.25) is 0 Å². The highest BCUT2D eigenvalue weighted by Gasteiger charge is 2.33. The van der Waals surface area contributed by atoms with Gasteiger partial charge in [0.05, 0.1) is 17.0 Å². The molecule has 1 saturated heterocycles. The van der Waals surface area contributed by atoms with E-state index in [1.54, 1.807) is 7.11 Å². The topological polar surface area (TPSA) is 43.2 Å². The van der Waals surface area contributed by atoms with E-state index in [2.05, 4.69) is 10.1 Å². The molecule has 1 aliphatic rings. The summed E-state index contributed by atoms with van der Waals surface area (Å²) < 4.78 is 44.0. The van der Waals surface area contributed by atoms with Gasteiger partial charge >= 0.3 is 6.18 Å². The third-order valence-corrected chi connectivity index (χ3v) is 3.60. The van der Waals surface area contributed by atoms with E-state index in [0.29, 0.717) is 29.8 Å². The summed E-state index contributed by atoms with van der Waals surface area (Å²) in [6.45, 7) is 0.0277. The second-order valence-corrected chi connectivity index (χ2v) is 5.27. The maximum Gasteiger partial charge on any atom is 0.408 e. The van der Waals surface area contributed by atoms with Crippen LogP contribution < -0.4 is 4.90 Å². The summed E-state index contributed by atoms with van der Waals surface area (Å²) in [5.41, 5.74) is 0.322. The number of fused-ring (bicyclic) bond motifs is 1. The first-order chi connectivity index (χ1) is 9.87. The summed E-state index contributed by atoms with van der Waals surface area (Å²) in [5, 5.41) is 4.76. The van der Waals surface area contributed by atoms with Crippen LogP contribution in [0.5, 0.6) is 0 Å². The van der Waals surface area contributed by atoms with Crippen molar-refractivity contribution in [3.05, 3.63) is 17.4 Å². The van der Waals surface area contributed by atoms with Gasteiger partial charge in [0.1, 0.15) is 11.7 Å². The lowest BCUT2D eigenvalue weighted by Gasteiger charge is -2.38. The summed E-state index contributed by atoms with van der Waals surface area (Å²) in [6, 6.07) is 1.40. The van der Waals surface area contributed by atoms with Crippen LogP contribution in [0.2, 0.25) is 5.15 Å². The maximum atomic E-state index is 12.6. The van der Waals surface area contributed by atoms with Crippen molar-refractivity contribution in [2.45, 2.75) is 18.8 Å². The number of rotatable bonds is 3. The third-order valence-electron chi connectivity index (χ3n) is 3.39. The minimum atomic E-state index is -4.35. The predicted octanol–water partition coefficient (Wildman–Crippen LogP) is 2.48. The molecule has 1 aliphatic heterocycles. The molecule has 1 fully saturated rings. The Kier molecular flexibility index (Phi) is 3.45. The highest BCUT2D eigenvalue weighted by atomic mass is 35.5. The van der Waals surface area contributed by atoms with Crippen LogP contribution in [0, 0.1) is 0 Å². The fourth-order valence-corrected chi connectivity index (χ4v) is 2.46. The molecule has 0 unspecified atom stereocenters. The predicted molar refractivity (Wildman–Crippen MR) is 71.6 cm³/mol. The van der Waals surface area contributed by atoms with Gasteiger partial charge < -0.3 is 9.64 Å². The summed E-state index contributed by atoms with van der Waals surface area (Å²) in [6.07, 6.45) is -2.82. The molecular formula is C12H12ClF3N4O. The van der Waals surface area contributed by atoms with Crippen molar-refractivity contribution in [3.8, 4) is 0 Å². The number of aromatic nitrogens is 3. The molecule has 0 aliphatic carbocycles. The Morgan fingerprint density at radius 3 is 2.76 bits per heavy atom. The van der Waals surface area contributed by atoms with Gasteiger partial charge in [-0.15, -0.1) is 0 Å². The molecule has 114 valence electrons. The second kappa shape index (κ2) is 5.03. The van der Waals surface area contributed by atoms with Crippen LogP contribution in [0.1, 0.15) is 0 Å². The standard InChI is InChI=1S/C12H12ClF3N4O/c1-21-7-4-19(5-7)11-8-3-17-10(13)2-9(8)20(18-11)6-12(14,15)16/h2-3,7H,4-6H2,1H3. The van der Waals surface area contributed by atoms with Crippen LogP contribution in [0.25, 0.3) is 10.9 Å². The van der Waals surface area contributed by atoms with Gasteiger partial charge in [-0.05, 0) is 0 Å². The number of alkyl halides is 3. The summed E-state index contributed by atoms with van der Waals surface area (Å²) in [4.78, 5) is 5.79. The molecule has 0 bridgehead atoms. The van der Waals surface area contributed by atoms with Gasteiger partial charge in [-0.25, -0.2) is 4.98 Å². The molecule has 2 aromatic rings. The monoisotopic (exact) mass is 320 g/mol. The van der Waals surface area contributed by atoms with Crippen LogP contribution in [0.4, 0.5) is 19.0 Å². The number of nitrogens with zero attached hydrogens (tertiary/aromatic N) is 4. The van der Waals surface area contributed by atoms with E-state index in [1.165, 1.54) is 12.3 Å². The molecule has 2 aromatic heterocycles. The van der Waals surface area contributed by atoms with Crippen molar-refractivity contribution in [3.63, 3.8) is 0 Å². The Morgan fingerprint density at radius 1 is 1.43 bits per heavy atom. The first-order valence-electron chi connectivity index (χ1n) is 6.24. The van der Waals surface area contributed by atoms with E-state index in [-0.39, 0.29) is 11.3 Å². The van der Waals surface area contributed by atoms with Crippen LogP contribution >= 0.6 is 11.6 Å². The Hall–Kier alpha value is -1.54. The van der Waals surface area contributed by atoms with E-state index < -0.39 is 12.7 Å². The molecule has 3 heterocycles. The van der Waals surface area contributed by atoms with Crippen molar-refractivity contribution in [2.24, 2.45) is 0 Å². The van der Waals surface area contributed by atoms with Gasteiger partial charge in [0.25, 0.3) is 0 Å². The Labute approximate surface area is 123 Å². The van der Waals surface area contributed by atoms with Crippen molar-refractivity contribution in [1.82, 2.24) is 14.8 Å². The fourth-order valence-electron chi connectivity index (χ4n) is 2.31. The zero-order chi connectivity index (χ0) is 15.2. The van der Waals surface area contributed by atoms with Gasteiger partial charge in [-0.1, -0.05) is 11.6 Å². The number of hydrogen-bond acceptors (Lipinski definition) is 4. The summed E-state index contributed by atoms with van der Waals surface area (Å²) in [7, 11) is 1.60. The number of methoxy groups -OCH3 is 1. The average molecular weight is 321 g/mol. The summed E-state index contributed by atoms with van der Waals surface area (Å²) in [5.74, 6) is 0.478. The molecule has 9 heteroatoms. The normalized spacial score (nSPS) is 16.5. The van der Waals surface area contributed by atoms with Crippen LogP contribution in [0.15, 0.2) is 12.3 Å². The molecule has 0 N–H and O–H groups in total. The minimum absolute atomic E-state index is 0.0769. The van der Waals surface area contributed by atoms with Crippen molar-refractivity contribution < 1.29 is 17.9 Å². The molecule has 0 radical (unpaired) electrons. The number of pyridine rings is 1. The quantitative estimate of drug-likeness (QED) is 0.815.